The predicted octanol–water partition coefficient (Wildman–Crippen LogP) is 2.64. The fourth-order valence-electron chi connectivity index (χ4n) is 2.16. The molecular formula is C15H22N4O. The van der Waals surface area contributed by atoms with Crippen LogP contribution in [0.1, 0.15) is 23.5 Å². The Balaban J connectivity index is 2.22. The van der Waals surface area contributed by atoms with Crippen LogP contribution in [-0.2, 0) is 4.74 Å². The molecule has 108 valence electrons. The second-order valence-corrected chi connectivity index (χ2v) is 4.91. The molecule has 0 aliphatic rings. The van der Waals surface area contributed by atoms with Gasteiger partial charge in [-0.2, -0.15) is 0 Å². The van der Waals surface area contributed by atoms with E-state index in [0.29, 0.717) is 0 Å². The number of aromatic nitrogens is 3. The Morgan fingerprint density at radius 3 is 2.65 bits per heavy atom. The second kappa shape index (κ2) is 6.52. The van der Waals surface area contributed by atoms with E-state index in [1.165, 1.54) is 0 Å². The molecule has 0 fully saturated rings. The van der Waals surface area contributed by atoms with Gasteiger partial charge in [0.15, 0.2) is 0 Å². The zero-order valence-corrected chi connectivity index (χ0v) is 12.6. The molecule has 2 heterocycles. The molecule has 0 aliphatic heterocycles. The standard InChI is InChI=1S/C15H22N4O/c1-11-6-7-14(13(3)17-11)19-10-12(2)18-15(19)16-8-5-9-20-4/h6-7,10H,5,8-9H2,1-4H3,(H,16,18). The van der Waals surface area contributed by atoms with E-state index in [-0.39, 0.29) is 0 Å². The van der Waals surface area contributed by atoms with Crippen LogP contribution in [0.3, 0.4) is 0 Å². The van der Waals surface area contributed by atoms with Crippen LogP contribution in [0.4, 0.5) is 5.95 Å². The van der Waals surface area contributed by atoms with Crippen LogP contribution in [0.5, 0.6) is 0 Å². The van der Waals surface area contributed by atoms with E-state index in [4.69, 9.17) is 4.74 Å². The lowest BCUT2D eigenvalue weighted by molar-refractivity contribution is 0.197. The van der Waals surface area contributed by atoms with Crippen molar-refractivity contribution in [2.24, 2.45) is 0 Å². The van der Waals surface area contributed by atoms with Gasteiger partial charge in [-0.1, -0.05) is 0 Å². The summed E-state index contributed by atoms with van der Waals surface area (Å²) in [6.45, 7) is 7.60. The van der Waals surface area contributed by atoms with E-state index in [2.05, 4.69) is 25.9 Å². The predicted molar refractivity (Wildman–Crippen MR) is 80.6 cm³/mol. The number of nitrogens with one attached hydrogen (secondary N) is 1. The minimum Gasteiger partial charge on any atom is -0.385 e. The fourth-order valence-corrected chi connectivity index (χ4v) is 2.16. The van der Waals surface area contributed by atoms with Crippen molar-refractivity contribution in [2.75, 3.05) is 25.6 Å². The van der Waals surface area contributed by atoms with Gasteiger partial charge in [0.05, 0.1) is 17.1 Å². The molecule has 20 heavy (non-hydrogen) atoms. The molecule has 1 N–H and O–H groups in total. The van der Waals surface area contributed by atoms with Gasteiger partial charge in [-0.25, -0.2) is 4.98 Å². The summed E-state index contributed by atoms with van der Waals surface area (Å²) in [5, 5.41) is 3.35. The highest BCUT2D eigenvalue weighted by atomic mass is 16.5. The van der Waals surface area contributed by atoms with Gasteiger partial charge in [-0.3, -0.25) is 9.55 Å². The molecule has 0 unspecified atom stereocenters. The van der Waals surface area contributed by atoms with Crippen molar-refractivity contribution in [1.82, 2.24) is 14.5 Å². The third-order valence-electron chi connectivity index (χ3n) is 3.09. The molecule has 0 spiro atoms. The normalized spacial score (nSPS) is 10.8. The minimum atomic E-state index is 0.748. The van der Waals surface area contributed by atoms with Gasteiger partial charge in [0.1, 0.15) is 0 Å². The van der Waals surface area contributed by atoms with Crippen LogP contribution in [0, 0.1) is 20.8 Å². The molecule has 2 aromatic heterocycles. The number of anilines is 1. The lowest BCUT2D eigenvalue weighted by Crippen LogP contribution is -2.10. The number of ether oxygens (including phenoxy) is 1. The number of hydrogen-bond donors (Lipinski definition) is 1. The highest BCUT2D eigenvalue weighted by Gasteiger charge is 2.10. The van der Waals surface area contributed by atoms with Crippen molar-refractivity contribution < 1.29 is 4.74 Å². The summed E-state index contributed by atoms with van der Waals surface area (Å²) < 4.78 is 7.11. The minimum absolute atomic E-state index is 0.748. The molecule has 0 atom stereocenters. The molecule has 0 saturated carbocycles. The van der Waals surface area contributed by atoms with E-state index in [1.807, 2.05) is 33.0 Å². The Morgan fingerprint density at radius 1 is 1.15 bits per heavy atom. The molecule has 2 aromatic rings. The first-order valence-electron chi connectivity index (χ1n) is 6.85. The van der Waals surface area contributed by atoms with Crippen LogP contribution < -0.4 is 5.32 Å². The van der Waals surface area contributed by atoms with Crippen molar-refractivity contribution in [3.63, 3.8) is 0 Å². The number of pyridine rings is 1. The molecule has 0 aliphatic carbocycles. The Bertz CT molecular complexity index is 577. The van der Waals surface area contributed by atoms with Gasteiger partial charge in [0.25, 0.3) is 0 Å². The molecule has 0 saturated heterocycles. The maximum atomic E-state index is 5.05. The van der Waals surface area contributed by atoms with E-state index >= 15 is 0 Å². The SMILES string of the molecule is COCCCNc1nc(C)cn1-c1ccc(C)nc1C. The van der Waals surface area contributed by atoms with Gasteiger partial charge in [-0.15, -0.1) is 0 Å². The maximum absolute atomic E-state index is 5.05. The highest BCUT2D eigenvalue weighted by Crippen LogP contribution is 2.19. The van der Waals surface area contributed by atoms with Crippen LogP contribution in [-0.4, -0.2) is 34.8 Å². The lowest BCUT2D eigenvalue weighted by atomic mass is 10.2. The van der Waals surface area contributed by atoms with Crippen LogP contribution in [0.2, 0.25) is 0 Å². The van der Waals surface area contributed by atoms with Gasteiger partial charge in [0, 0.05) is 32.2 Å². The molecule has 0 radical (unpaired) electrons. The molecular weight excluding hydrogens is 252 g/mol. The summed E-state index contributed by atoms with van der Waals surface area (Å²) in [7, 11) is 1.71. The molecule has 0 aromatic carbocycles. The smallest absolute Gasteiger partial charge is 0.207 e. The summed E-state index contributed by atoms with van der Waals surface area (Å²) in [5.74, 6) is 0.854. The van der Waals surface area contributed by atoms with Gasteiger partial charge in [0.2, 0.25) is 5.95 Å². The summed E-state index contributed by atoms with van der Waals surface area (Å²) in [4.78, 5) is 9.05. The Morgan fingerprint density at radius 2 is 1.95 bits per heavy atom. The van der Waals surface area contributed by atoms with E-state index in [0.717, 1.165) is 48.3 Å². The fraction of sp³-hybridized carbons (Fsp3) is 0.467. The summed E-state index contributed by atoms with van der Waals surface area (Å²) in [6.07, 6.45) is 2.98. The van der Waals surface area contributed by atoms with Gasteiger partial charge < -0.3 is 10.1 Å². The maximum Gasteiger partial charge on any atom is 0.207 e. The van der Waals surface area contributed by atoms with E-state index in [9.17, 15) is 0 Å². The van der Waals surface area contributed by atoms with E-state index in [1.54, 1.807) is 7.11 Å². The number of rotatable bonds is 6. The van der Waals surface area contributed by atoms with Crippen LogP contribution in [0.15, 0.2) is 18.3 Å². The third kappa shape index (κ3) is 3.36. The highest BCUT2D eigenvalue weighted by molar-refractivity contribution is 5.45. The third-order valence-corrected chi connectivity index (χ3v) is 3.09. The molecule has 0 bridgehead atoms. The topological polar surface area (TPSA) is 52.0 Å². The van der Waals surface area contributed by atoms with Crippen molar-refractivity contribution >= 4 is 5.95 Å². The number of aryl methyl sites for hydroxylation is 3. The molecule has 0 amide bonds. The second-order valence-electron chi connectivity index (χ2n) is 4.91. The average molecular weight is 274 g/mol. The van der Waals surface area contributed by atoms with Crippen molar-refractivity contribution in [2.45, 2.75) is 27.2 Å². The first kappa shape index (κ1) is 14.5. The Hall–Kier alpha value is -1.88. The average Bonchev–Trinajstić information content (AvgIpc) is 2.76. The van der Waals surface area contributed by atoms with Gasteiger partial charge in [-0.05, 0) is 39.3 Å². The summed E-state index contributed by atoms with van der Waals surface area (Å²) in [6, 6.07) is 4.10. The first-order valence-corrected chi connectivity index (χ1v) is 6.85. The summed E-state index contributed by atoms with van der Waals surface area (Å²) >= 11 is 0. The molecule has 2 rings (SSSR count). The molecule has 5 nitrogen and oxygen atoms in total. The quantitative estimate of drug-likeness (QED) is 0.823. The van der Waals surface area contributed by atoms with Gasteiger partial charge >= 0.3 is 0 Å². The Labute approximate surface area is 120 Å². The van der Waals surface area contributed by atoms with Crippen LogP contribution in [0.25, 0.3) is 5.69 Å². The zero-order chi connectivity index (χ0) is 14.5. The number of methoxy groups -OCH3 is 1. The summed E-state index contributed by atoms with van der Waals surface area (Å²) in [5.41, 5.74) is 4.07. The monoisotopic (exact) mass is 274 g/mol. The van der Waals surface area contributed by atoms with Crippen molar-refractivity contribution in [1.29, 1.82) is 0 Å². The zero-order valence-electron chi connectivity index (χ0n) is 12.6. The van der Waals surface area contributed by atoms with Crippen molar-refractivity contribution in [3.05, 3.63) is 35.4 Å². The van der Waals surface area contributed by atoms with E-state index < -0.39 is 0 Å². The number of imidazole rings is 1. The van der Waals surface area contributed by atoms with Crippen LogP contribution >= 0.6 is 0 Å². The first-order chi connectivity index (χ1) is 9.61. The van der Waals surface area contributed by atoms with Crippen molar-refractivity contribution in [3.8, 4) is 5.69 Å². The largest absolute Gasteiger partial charge is 0.385 e. The number of nitrogens with zero attached hydrogens (tertiary/aromatic N) is 3. The lowest BCUT2D eigenvalue weighted by Gasteiger charge is -2.12. The number of hydrogen-bond acceptors (Lipinski definition) is 4. The molecule has 5 heteroatoms. The Kier molecular flexibility index (Phi) is 4.74.